The minimum atomic E-state index is -0.501. The van der Waals surface area contributed by atoms with Crippen molar-refractivity contribution in [1.82, 2.24) is 5.32 Å². The summed E-state index contributed by atoms with van der Waals surface area (Å²) in [5, 5.41) is 8.88. The number of carbonyl (C=O) groups excluding carboxylic acids is 4. The highest BCUT2D eigenvalue weighted by atomic mass is 32.2. The second-order valence-corrected chi connectivity index (χ2v) is 17.2. The van der Waals surface area contributed by atoms with Gasteiger partial charge in [0.05, 0.1) is 17.9 Å². The number of amides is 3. The highest BCUT2D eigenvalue weighted by molar-refractivity contribution is 8.00. The largest absolute Gasteiger partial charge is 0.465 e. The molecule has 3 amide bonds. The second-order valence-electron chi connectivity index (χ2n) is 14.9. The van der Waals surface area contributed by atoms with Crippen LogP contribution in [0.2, 0.25) is 0 Å². The Labute approximate surface area is 337 Å². The van der Waals surface area contributed by atoms with Gasteiger partial charge in [0.2, 0.25) is 5.91 Å². The van der Waals surface area contributed by atoms with E-state index in [1.54, 1.807) is 42.5 Å². The average Bonchev–Trinajstić information content (AvgIpc) is 3.57. The molecule has 8 nitrogen and oxygen atoms in total. The van der Waals surface area contributed by atoms with E-state index in [0.29, 0.717) is 34.2 Å². The molecule has 0 aliphatic heterocycles. The number of carbonyl (C=O) groups is 4. The van der Waals surface area contributed by atoms with Gasteiger partial charge in [-0.3, -0.25) is 14.4 Å². The first-order valence-electron chi connectivity index (χ1n) is 18.8. The first kappa shape index (κ1) is 40.2. The number of esters is 1. The Morgan fingerprint density at radius 3 is 2.21 bits per heavy atom. The number of methoxy groups -OCH3 is 1. The molecule has 0 spiro atoms. The molecule has 2 unspecified atom stereocenters. The third kappa shape index (κ3) is 9.85. The molecule has 10 heteroatoms. The van der Waals surface area contributed by atoms with Crippen LogP contribution in [0.3, 0.4) is 0 Å². The van der Waals surface area contributed by atoms with E-state index in [0.717, 1.165) is 51.3 Å². The lowest BCUT2D eigenvalue weighted by atomic mass is 9.72. The standard InChI is InChI=1S/C46H47N3O5S2/c1-6-38(43(52)49-44-40(45(53)54-5)36-25-24-33(46(2,3)4)27-39(36)56-44)55-35-19-13-18-34(28-35)47-42(51)37(48-41(50)32-16-11-8-12-17-32)26-29-20-22-31(23-21-29)30-14-9-7-10-15-30/h7-23,26,28,33,38H,6,24-25,27H2,1-5H3,(H,47,51)(H,48,50)(H,49,52)/b37-26+. The van der Waals surface area contributed by atoms with E-state index >= 15 is 0 Å². The fraction of sp³-hybridized carbons (Fsp3) is 0.261. The molecule has 0 saturated carbocycles. The zero-order valence-corrected chi connectivity index (χ0v) is 33.9. The number of hydrogen-bond donors (Lipinski definition) is 3. The van der Waals surface area contributed by atoms with Crippen molar-refractivity contribution in [2.45, 2.75) is 63.5 Å². The minimum absolute atomic E-state index is 0.0732. The summed E-state index contributed by atoms with van der Waals surface area (Å²) in [5.74, 6) is -1.08. The zero-order valence-electron chi connectivity index (χ0n) is 32.3. The van der Waals surface area contributed by atoms with Gasteiger partial charge in [0.25, 0.3) is 11.8 Å². The van der Waals surface area contributed by atoms with E-state index in [1.807, 2.05) is 79.7 Å². The smallest absolute Gasteiger partial charge is 0.341 e. The number of ether oxygens (including phenoxy) is 1. The molecule has 6 rings (SSSR count). The van der Waals surface area contributed by atoms with Gasteiger partial charge in [0.1, 0.15) is 10.7 Å². The molecule has 1 aliphatic carbocycles. The summed E-state index contributed by atoms with van der Waals surface area (Å²) in [6.45, 7) is 8.68. The molecule has 1 aromatic heterocycles. The zero-order chi connectivity index (χ0) is 39.8. The molecule has 3 N–H and O–H groups in total. The van der Waals surface area contributed by atoms with Gasteiger partial charge in [-0.25, -0.2) is 4.79 Å². The van der Waals surface area contributed by atoms with E-state index in [1.165, 1.54) is 30.2 Å². The first-order chi connectivity index (χ1) is 26.9. The van der Waals surface area contributed by atoms with Gasteiger partial charge in [0.15, 0.2) is 0 Å². The van der Waals surface area contributed by atoms with Gasteiger partial charge in [-0.15, -0.1) is 23.1 Å². The van der Waals surface area contributed by atoms with Gasteiger partial charge in [0, 0.05) is 21.0 Å². The van der Waals surface area contributed by atoms with Crippen molar-refractivity contribution in [3.63, 3.8) is 0 Å². The van der Waals surface area contributed by atoms with Gasteiger partial charge in [-0.2, -0.15) is 0 Å². The van der Waals surface area contributed by atoms with Crippen LogP contribution >= 0.6 is 23.1 Å². The molecule has 2 atom stereocenters. The number of nitrogens with one attached hydrogen (secondary N) is 3. The van der Waals surface area contributed by atoms with E-state index in [9.17, 15) is 19.2 Å². The molecule has 0 radical (unpaired) electrons. The van der Waals surface area contributed by atoms with E-state index < -0.39 is 23.0 Å². The Hall–Kier alpha value is -5.45. The topological polar surface area (TPSA) is 114 Å². The van der Waals surface area contributed by atoms with Gasteiger partial charge in [-0.1, -0.05) is 107 Å². The third-order valence-corrected chi connectivity index (χ3v) is 12.5. The SMILES string of the molecule is CCC(Sc1cccc(NC(=O)/C(=C\c2ccc(-c3ccccc3)cc2)NC(=O)c2ccccc2)c1)C(=O)Nc1sc2c(c1C(=O)OC)CCC(C(C)(C)C)C2. The maximum absolute atomic E-state index is 13.8. The van der Waals surface area contributed by atoms with Crippen molar-refractivity contribution < 1.29 is 23.9 Å². The summed E-state index contributed by atoms with van der Waals surface area (Å²) in [4.78, 5) is 55.8. The Morgan fingerprint density at radius 2 is 1.55 bits per heavy atom. The first-order valence-corrected chi connectivity index (χ1v) is 20.5. The van der Waals surface area contributed by atoms with Crippen molar-refractivity contribution in [2.75, 3.05) is 17.7 Å². The van der Waals surface area contributed by atoms with Crippen LogP contribution in [0.5, 0.6) is 0 Å². The maximum Gasteiger partial charge on any atom is 0.341 e. The maximum atomic E-state index is 13.8. The number of rotatable bonds is 12. The van der Waals surface area contributed by atoms with Crippen LogP contribution in [0.25, 0.3) is 17.2 Å². The van der Waals surface area contributed by atoms with Crippen LogP contribution in [0.4, 0.5) is 10.7 Å². The van der Waals surface area contributed by atoms with Gasteiger partial charge >= 0.3 is 5.97 Å². The predicted octanol–water partition coefficient (Wildman–Crippen LogP) is 10.3. The summed E-state index contributed by atoms with van der Waals surface area (Å²) in [7, 11) is 1.37. The monoisotopic (exact) mass is 785 g/mol. The van der Waals surface area contributed by atoms with Crippen LogP contribution < -0.4 is 16.0 Å². The molecule has 4 aromatic carbocycles. The van der Waals surface area contributed by atoms with Crippen molar-refractivity contribution in [1.29, 1.82) is 0 Å². The van der Waals surface area contributed by atoms with Crippen molar-refractivity contribution >= 4 is 63.6 Å². The molecule has 0 bridgehead atoms. The summed E-state index contributed by atoms with van der Waals surface area (Å²) < 4.78 is 5.17. The minimum Gasteiger partial charge on any atom is -0.465 e. The number of fused-ring (bicyclic) bond motifs is 1. The number of thiophene rings is 1. The Morgan fingerprint density at radius 1 is 0.875 bits per heavy atom. The van der Waals surface area contributed by atoms with Crippen LogP contribution in [-0.2, 0) is 27.2 Å². The lowest BCUT2D eigenvalue weighted by molar-refractivity contribution is -0.116. The normalized spacial score (nSPS) is 14.6. The third-order valence-electron chi connectivity index (χ3n) is 10.0. The van der Waals surface area contributed by atoms with E-state index in [-0.39, 0.29) is 17.0 Å². The molecular weight excluding hydrogens is 739 g/mol. The highest BCUT2D eigenvalue weighted by Crippen LogP contribution is 2.45. The van der Waals surface area contributed by atoms with Crippen LogP contribution in [0.1, 0.15) is 77.3 Å². The Balaban J connectivity index is 1.18. The number of anilines is 2. The van der Waals surface area contributed by atoms with Crippen LogP contribution in [0.15, 0.2) is 120 Å². The molecule has 1 heterocycles. The number of benzene rings is 4. The van der Waals surface area contributed by atoms with Gasteiger partial charge in [-0.05, 0) is 95.7 Å². The Kier molecular flexibility index (Phi) is 12.9. The fourth-order valence-electron chi connectivity index (χ4n) is 6.77. The molecule has 1 aliphatic rings. The number of thioether (sulfide) groups is 1. The Bertz CT molecular complexity index is 2220. The molecule has 288 valence electrons. The quantitative estimate of drug-likeness (QED) is 0.0659. The second kappa shape index (κ2) is 18.0. The lowest BCUT2D eigenvalue weighted by Crippen LogP contribution is -2.30. The predicted molar refractivity (Wildman–Crippen MR) is 228 cm³/mol. The van der Waals surface area contributed by atoms with Crippen molar-refractivity contribution in [3.8, 4) is 11.1 Å². The summed E-state index contributed by atoms with van der Waals surface area (Å²) in [5.41, 5.74) is 5.42. The highest BCUT2D eigenvalue weighted by Gasteiger charge is 2.35. The lowest BCUT2D eigenvalue weighted by Gasteiger charge is -2.33. The molecule has 5 aromatic rings. The summed E-state index contributed by atoms with van der Waals surface area (Å²) >= 11 is 2.85. The molecular formula is C46H47N3O5S2. The summed E-state index contributed by atoms with van der Waals surface area (Å²) in [6.07, 6.45) is 4.78. The van der Waals surface area contributed by atoms with Crippen LogP contribution in [-0.4, -0.2) is 36.1 Å². The van der Waals surface area contributed by atoms with Crippen molar-refractivity contribution in [3.05, 3.63) is 142 Å². The molecule has 0 fully saturated rings. The van der Waals surface area contributed by atoms with E-state index in [4.69, 9.17) is 4.74 Å². The van der Waals surface area contributed by atoms with Gasteiger partial charge < -0.3 is 20.7 Å². The molecule has 56 heavy (non-hydrogen) atoms. The summed E-state index contributed by atoms with van der Waals surface area (Å²) in [6, 6.07) is 33.7. The van der Waals surface area contributed by atoms with Crippen LogP contribution in [0, 0.1) is 11.3 Å². The van der Waals surface area contributed by atoms with Crippen molar-refractivity contribution in [2.24, 2.45) is 11.3 Å². The fourth-order valence-corrected chi connectivity index (χ4v) is 9.10. The molecule has 0 saturated heterocycles. The average molecular weight is 786 g/mol. The van der Waals surface area contributed by atoms with E-state index in [2.05, 4.69) is 36.7 Å². The number of hydrogen-bond acceptors (Lipinski definition) is 7.